The van der Waals surface area contributed by atoms with Crippen molar-refractivity contribution in [2.24, 2.45) is 0 Å². The van der Waals surface area contributed by atoms with Gasteiger partial charge in [-0.15, -0.1) is 0 Å². The monoisotopic (exact) mass is 355 g/mol. The number of nitrogens with zero attached hydrogens (tertiary/aromatic N) is 2. The highest BCUT2D eigenvalue weighted by Crippen LogP contribution is 2.32. The average Bonchev–Trinajstić information content (AvgIpc) is 2.74. The molecule has 0 saturated carbocycles. The van der Waals surface area contributed by atoms with E-state index in [2.05, 4.69) is 5.32 Å². The van der Waals surface area contributed by atoms with E-state index < -0.39 is 4.92 Å². The molecule has 0 radical (unpaired) electrons. The maximum atomic E-state index is 12.8. The van der Waals surface area contributed by atoms with Gasteiger partial charge < -0.3 is 15.0 Å². The number of carbonyl (C=O) groups is 2. The van der Waals surface area contributed by atoms with Gasteiger partial charge in [0.1, 0.15) is 0 Å². The van der Waals surface area contributed by atoms with Crippen molar-refractivity contribution < 1.29 is 19.2 Å². The van der Waals surface area contributed by atoms with Crippen molar-refractivity contribution >= 4 is 28.9 Å². The third kappa shape index (κ3) is 3.49. The lowest BCUT2D eigenvalue weighted by atomic mass is 10.1. The summed E-state index contributed by atoms with van der Waals surface area (Å²) in [6, 6.07) is 12.5. The van der Waals surface area contributed by atoms with Crippen molar-refractivity contribution in [3.05, 3.63) is 58.6 Å². The third-order valence-corrected chi connectivity index (χ3v) is 4.04. The molecule has 0 saturated heterocycles. The van der Waals surface area contributed by atoms with E-state index in [1.165, 1.54) is 23.1 Å². The largest absolute Gasteiger partial charge is 0.477 e. The Labute approximate surface area is 149 Å². The highest BCUT2D eigenvalue weighted by Gasteiger charge is 2.30. The Morgan fingerprint density at radius 2 is 1.96 bits per heavy atom. The number of hydrogen-bond acceptors (Lipinski definition) is 5. The van der Waals surface area contributed by atoms with Crippen molar-refractivity contribution in [1.82, 2.24) is 0 Å². The summed E-state index contributed by atoms with van der Waals surface area (Å²) in [5.41, 5.74) is 0.907. The zero-order chi connectivity index (χ0) is 18.7. The number of ether oxygens (including phenoxy) is 1. The van der Waals surface area contributed by atoms with Crippen LogP contribution in [0.3, 0.4) is 0 Å². The van der Waals surface area contributed by atoms with Gasteiger partial charge in [0.2, 0.25) is 5.91 Å². The van der Waals surface area contributed by atoms with Gasteiger partial charge >= 0.3 is 5.69 Å². The van der Waals surface area contributed by atoms with E-state index in [1.54, 1.807) is 37.3 Å². The number of rotatable bonds is 4. The van der Waals surface area contributed by atoms with Crippen LogP contribution in [0.4, 0.5) is 17.1 Å². The lowest BCUT2D eigenvalue weighted by molar-refractivity contribution is -0.385. The van der Waals surface area contributed by atoms with Gasteiger partial charge in [0.15, 0.2) is 12.4 Å². The molecule has 134 valence electrons. The fraction of sp³-hybridized carbons (Fsp3) is 0.222. The predicted octanol–water partition coefficient (Wildman–Crippen LogP) is 2.74. The molecule has 0 fully saturated rings. The number of carbonyl (C=O) groups excluding carboxylic acids is 2. The molecule has 8 nitrogen and oxygen atoms in total. The van der Waals surface area contributed by atoms with E-state index in [4.69, 9.17) is 4.74 Å². The van der Waals surface area contributed by atoms with Crippen molar-refractivity contribution in [2.45, 2.75) is 19.4 Å². The number of nitro groups is 1. The van der Waals surface area contributed by atoms with Crippen molar-refractivity contribution in [2.75, 3.05) is 16.8 Å². The van der Waals surface area contributed by atoms with Crippen LogP contribution in [0.5, 0.6) is 5.75 Å². The van der Waals surface area contributed by atoms with Crippen LogP contribution in [-0.2, 0) is 9.59 Å². The summed E-state index contributed by atoms with van der Waals surface area (Å²) in [5, 5.41) is 13.8. The SMILES string of the molecule is C[C@H]1CC(=O)Nc2ccccc2N1C(=O)COc1ccccc1[N+](=O)[O-]. The molecular weight excluding hydrogens is 338 g/mol. The third-order valence-electron chi connectivity index (χ3n) is 4.04. The fourth-order valence-corrected chi connectivity index (χ4v) is 2.91. The zero-order valence-corrected chi connectivity index (χ0v) is 14.0. The van der Waals surface area contributed by atoms with Gasteiger partial charge in [-0.3, -0.25) is 19.7 Å². The number of amides is 2. The first-order chi connectivity index (χ1) is 12.5. The molecule has 0 aromatic heterocycles. The molecule has 2 amide bonds. The Morgan fingerprint density at radius 3 is 2.73 bits per heavy atom. The summed E-state index contributed by atoms with van der Waals surface area (Å²) < 4.78 is 5.41. The maximum Gasteiger partial charge on any atom is 0.310 e. The number of nitro benzene ring substituents is 1. The summed E-state index contributed by atoms with van der Waals surface area (Å²) >= 11 is 0. The lowest BCUT2D eigenvalue weighted by Gasteiger charge is -2.27. The summed E-state index contributed by atoms with van der Waals surface area (Å²) in [5.74, 6) is -0.546. The number of benzene rings is 2. The topological polar surface area (TPSA) is 102 Å². The molecule has 8 heteroatoms. The van der Waals surface area contributed by atoms with Crippen LogP contribution in [-0.4, -0.2) is 29.4 Å². The molecule has 3 rings (SSSR count). The minimum absolute atomic E-state index is 0.0239. The molecule has 2 aromatic rings. The normalized spacial score (nSPS) is 16.3. The van der Waals surface area contributed by atoms with Crippen LogP contribution in [0, 0.1) is 10.1 Å². The van der Waals surface area contributed by atoms with Crippen molar-refractivity contribution in [3.63, 3.8) is 0 Å². The van der Waals surface area contributed by atoms with Gasteiger partial charge in [-0.25, -0.2) is 0 Å². The van der Waals surface area contributed by atoms with Crippen LogP contribution < -0.4 is 15.0 Å². The quantitative estimate of drug-likeness (QED) is 0.671. The van der Waals surface area contributed by atoms with Gasteiger partial charge in [-0.05, 0) is 25.1 Å². The van der Waals surface area contributed by atoms with E-state index in [1.807, 2.05) is 0 Å². The van der Waals surface area contributed by atoms with Crippen LogP contribution in [0.1, 0.15) is 13.3 Å². The van der Waals surface area contributed by atoms with E-state index in [9.17, 15) is 19.7 Å². The predicted molar refractivity (Wildman–Crippen MR) is 95.2 cm³/mol. The van der Waals surface area contributed by atoms with Gasteiger partial charge in [0.25, 0.3) is 5.91 Å². The van der Waals surface area contributed by atoms with Gasteiger partial charge in [-0.2, -0.15) is 0 Å². The Kier molecular flexibility index (Phi) is 4.83. The molecule has 1 N–H and O–H groups in total. The Bertz CT molecular complexity index is 867. The second-order valence-electron chi connectivity index (χ2n) is 5.90. The fourth-order valence-electron chi connectivity index (χ4n) is 2.91. The second kappa shape index (κ2) is 7.22. The number of anilines is 2. The first kappa shape index (κ1) is 17.4. The molecule has 0 unspecified atom stereocenters. The minimum atomic E-state index is -0.563. The average molecular weight is 355 g/mol. The van der Waals surface area contributed by atoms with Gasteiger partial charge in [0, 0.05) is 18.5 Å². The standard InChI is InChI=1S/C18H17N3O5/c1-12-10-17(22)19-13-6-2-3-7-14(13)20(12)18(23)11-26-16-9-5-4-8-15(16)21(24)25/h2-9,12H,10-11H2,1H3,(H,19,22)/t12-/m0/s1. The molecule has 1 atom stereocenters. The number of nitrogens with one attached hydrogen (secondary N) is 1. The van der Waals surface area contributed by atoms with Gasteiger partial charge in [0.05, 0.1) is 16.3 Å². The second-order valence-corrected chi connectivity index (χ2v) is 5.90. The van der Waals surface area contributed by atoms with E-state index in [0.29, 0.717) is 11.4 Å². The van der Waals surface area contributed by atoms with E-state index >= 15 is 0 Å². The molecule has 2 aromatic carbocycles. The molecule has 26 heavy (non-hydrogen) atoms. The molecule has 1 heterocycles. The number of fused-ring (bicyclic) bond motifs is 1. The highest BCUT2D eigenvalue weighted by molar-refractivity contribution is 6.04. The van der Waals surface area contributed by atoms with Crippen LogP contribution in [0.2, 0.25) is 0 Å². The summed E-state index contributed by atoms with van der Waals surface area (Å²) in [6.45, 7) is 1.39. The zero-order valence-electron chi connectivity index (χ0n) is 14.0. The molecule has 0 aliphatic carbocycles. The van der Waals surface area contributed by atoms with Gasteiger partial charge in [-0.1, -0.05) is 24.3 Å². The summed E-state index contributed by atoms with van der Waals surface area (Å²) in [6.07, 6.45) is 0.145. The number of hydrogen-bond donors (Lipinski definition) is 1. The Hall–Kier alpha value is -3.42. The summed E-state index contributed by atoms with van der Waals surface area (Å²) in [7, 11) is 0. The first-order valence-electron chi connectivity index (χ1n) is 8.04. The maximum absolute atomic E-state index is 12.8. The molecule has 1 aliphatic rings. The van der Waals surface area contributed by atoms with Crippen molar-refractivity contribution in [3.8, 4) is 5.75 Å². The van der Waals surface area contributed by atoms with Crippen LogP contribution >= 0.6 is 0 Å². The van der Waals surface area contributed by atoms with E-state index in [0.717, 1.165) is 0 Å². The van der Waals surface area contributed by atoms with E-state index in [-0.39, 0.29) is 42.3 Å². The number of para-hydroxylation sites is 4. The highest BCUT2D eigenvalue weighted by atomic mass is 16.6. The molecule has 0 spiro atoms. The first-order valence-corrected chi connectivity index (χ1v) is 8.04. The molecule has 1 aliphatic heterocycles. The van der Waals surface area contributed by atoms with Crippen LogP contribution in [0.15, 0.2) is 48.5 Å². The van der Waals surface area contributed by atoms with Crippen LogP contribution in [0.25, 0.3) is 0 Å². The Balaban J connectivity index is 1.83. The lowest BCUT2D eigenvalue weighted by Crippen LogP contribution is -2.41. The molecular formula is C18H17N3O5. The Morgan fingerprint density at radius 1 is 1.27 bits per heavy atom. The smallest absolute Gasteiger partial charge is 0.310 e. The van der Waals surface area contributed by atoms with Crippen molar-refractivity contribution in [1.29, 1.82) is 0 Å². The minimum Gasteiger partial charge on any atom is -0.477 e. The molecule has 0 bridgehead atoms. The summed E-state index contributed by atoms with van der Waals surface area (Å²) in [4.78, 5) is 36.7.